The maximum absolute atomic E-state index is 11.5. The van der Waals surface area contributed by atoms with Crippen LogP contribution >= 0.6 is 0 Å². The third-order valence-corrected chi connectivity index (χ3v) is 5.75. The van der Waals surface area contributed by atoms with Crippen LogP contribution in [0.4, 0.5) is 0 Å². The molecule has 18 nitrogen and oxygen atoms in total. The Balaban J connectivity index is 2.42. The number of carboxylic acid groups (broad SMARTS) is 1. The predicted octanol–water partition coefficient (Wildman–Crippen LogP) is -5.42. The molecule has 0 bridgehead atoms. The van der Waals surface area contributed by atoms with Crippen molar-refractivity contribution in [1.29, 1.82) is 0 Å². The molecular formula is C13H23NO17S2. The van der Waals surface area contributed by atoms with Crippen LogP contribution in [-0.2, 0) is 48.6 Å². The number of carbonyl (C=O) groups is 1. The molecule has 0 aliphatic carbocycles. The molecule has 0 aromatic carbocycles. The Bertz CT molecular complexity index is 895. The van der Waals surface area contributed by atoms with E-state index in [2.05, 4.69) is 8.92 Å². The molecule has 10 atom stereocenters. The fourth-order valence-corrected chi connectivity index (χ4v) is 4.45. The van der Waals surface area contributed by atoms with E-state index in [9.17, 15) is 47.2 Å². The smallest absolute Gasteiger partial charge is 0.397 e. The van der Waals surface area contributed by atoms with Crippen molar-refractivity contribution in [1.82, 2.24) is 4.72 Å². The molecule has 20 heteroatoms. The minimum absolute atomic E-state index is 0.826. The third-order valence-electron chi connectivity index (χ3n) is 4.72. The van der Waals surface area contributed by atoms with E-state index >= 15 is 0 Å². The first-order valence-corrected chi connectivity index (χ1v) is 11.7. The lowest BCUT2D eigenvalue weighted by atomic mass is 9.96. The highest BCUT2D eigenvalue weighted by molar-refractivity contribution is 7.83. The fourth-order valence-electron chi connectivity index (χ4n) is 3.36. The molecular weight excluding hydrogens is 506 g/mol. The van der Waals surface area contributed by atoms with Gasteiger partial charge in [-0.15, -0.1) is 0 Å². The molecule has 0 aromatic heterocycles. The molecule has 194 valence electrons. The van der Waals surface area contributed by atoms with Crippen LogP contribution in [-0.4, -0.2) is 133 Å². The van der Waals surface area contributed by atoms with Crippen molar-refractivity contribution in [3.63, 3.8) is 0 Å². The molecule has 8 N–H and O–H groups in total. The number of aliphatic carboxylic acids is 1. The average molecular weight is 529 g/mol. The Kier molecular flexibility index (Phi) is 9.08. The van der Waals surface area contributed by atoms with Crippen LogP contribution in [0.3, 0.4) is 0 Å². The highest BCUT2D eigenvalue weighted by Crippen LogP contribution is 2.31. The summed E-state index contributed by atoms with van der Waals surface area (Å²) in [6.07, 6.45) is -18.2. The van der Waals surface area contributed by atoms with Crippen molar-refractivity contribution >= 4 is 26.7 Å². The van der Waals surface area contributed by atoms with Crippen molar-refractivity contribution in [3.05, 3.63) is 0 Å². The number of methoxy groups -OCH3 is 1. The normalized spacial score (nSPS) is 40.5. The number of hydrogen-bond acceptors (Lipinski definition) is 14. The van der Waals surface area contributed by atoms with Gasteiger partial charge in [0, 0.05) is 7.11 Å². The molecule has 2 saturated heterocycles. The predicted molar refractivity (Wildman–Crippen MR) is 96.8 cm³/mol. The lowest BCUT2D eigenvalue weighted by Crippen LogP contribution is -2.68. The summed E-state index contributed by atoms with van der Waals surface area (Å²) in [4.78, 5) is 11.5. The highest BCUT2D eigenvalue weighted by atomic mass is 32.3. The van der Waals surface area contributed by atoms with Crippen LogP contribution in [0.15, 0.2) is 0 Å². The standard InChI is InChI=1S/C13H23NO17S2/c1-27-7-3(2-15)28-13(4(5(7)16)14-32(21,22)23)30-8-6(17)9(31-33(24,25)26)12(20)29-10(8)11(18)19/h3-10,12-17,20H,2H2,1H3,(H,18,19)(H,21,22,23)(H,24,25,26)/t3?,4?,5-,6+,7+,8+,9?,10?,12?,13-/m0/s1. The second kappa shape index (κ2) is 10.7. The van der Waals surface area contributed by atoms with Crippen LogP contribution in [0.25, 0.3) is 0 Å². The molecule has 0 amide bonds. The zero-order valence-corrected chi connectivity index (χ0v) is 18.1. The van der Waals surface area contributed by atoms with Gasteiger partial charge in [0.25, 0.3) is 0 Å². The SMILES string of the molecule is CO[C@@H]1C(CO)O[C@@H](O[C@H]2C(C(=O)O)OC(O)C(OS(=O)(=O)O)[C@@H]2O)C(NS(=O)(=O)O)[C@@H]1O. The van der Waals surface area contributed by atoms with Gasteiger partial charge in [-0.1, -0.05) is 0 Å². The van der Waals surface area contributed by atoms with Crippen LogP contribution in [0, 0.1) is 0 Å². The largest absolute Gasteiger partial charge is 0.479 e. The number of carboxylic acids is 1. The van der Waals surface area contributed by atoms with E-state index in [-0.39, 0.29) is 0 Å². The van der Waals surface area contributed by atoms with Gasteiger partial charge >= 0.3 is 26.7 Å². The minimum Gasteiger partial charge on any atom is -0.479 e. The zero-order valence-electron chi connectivity index (χ0n) is 16.5. The summed E-state index contributed by atoms with van der Waals surface area (Å²) in [6, 6.07) is -1.93. The molecule has 2 rings (SSSR count). The van der Waals surface area contributed by atoms with Crippen LogP contribution in [0.1, 0.15) is 0 Å². The van der Waals surface area contributed by atoms with E-state index in [0.717, 1.165) is 7.11 Å². The second-order valence-electron chi connectivity index (χ2n) is 6.90. The van der Waals surface area contributed by atoms with Gasteiger partial charge in [0.1, 0.15) is 36.6 Å². The van der Waals surface area contributed by atoms with E-state index in [1.54, 1.807) is 4.72 Å². The Morgan fingerprint density at radius 3 is 2.06 bits per heavy atom. The third kappa shape index (κ3) is 6.95. The number of aliphatic hydroxyl groups excluding tert-OH is 4. The lowest BCUT2D eigenvalue weighted by molar-refractivity contribution is -0.333. The topological polar surface area (TPSA) is 285 Å². The van der Waals surface area contributed by atoms with E-state index in [4.69, 9.17) is 23.3 Å². The van der Waals surface area contributed by atoms with Crippen molar-refractivity contribution in [3.8, 4) is 0 Å². The van der Waals surface area contributed by atoms with Crippen molar-refractivity contribution in [2.75, 3.05) is 13.7 Å². The Morgan fingerprint density at radius 1 is 1.00 bits per heavy atom. The molecule has 2 fully saturated rings. The number of aliphatic hydroxyl groups is 4. The van der Waals surface area contributed by atoms with Crippen LogP contribution in [0.2, 0.25) is 0 Å². The van der Waals surface area contributed by atoms with Gasteiger partial charge in [-0.05, 0) is 0 Å². The van der Waals surface area contributed by atoms with E-state index in [1.807, 2.05) is 0 Å². The quantitative estimate of drug-likeness (QED) is 0.129. The molecule has 0 spiro atoms. The van der Waals surface area contributed by atoms with Gasteiger partial charge in [0.05, 0.1) is 6.61 Å². The van der Waals surface area contributed by atoms with Gasteiger partial charge in [-0.2, -0.15) is 21.6 Å². The maximum Gasteiger partial charge on any atom is 0.397 e. The van der Waals surface area contributed by atoms with Crippen LogP contribution < -0.4 is 4.72 Å². The minimum atomic E-state index is -5.30. The number of nitrogens with one attached hydrogen (secondary N) is 1. The van der Waals surface area contributed by atoms with Crippen molar-refractivity contribution in [2.24, 2.45) is 0 Å². The highest BCUT2D eigenvalue weighted by Gasteiger charge is 2.54. The number of hydrogen-bond donors (Lipinski definition) is 8. The molecule has 0 radical (unpaired) electrons. The lowest BCUT2D eigenvalue weighted by Gasteiger charge is -2.46. The number of ether oxygens (including phenoxy) is 4. The molecule has 2 aliphatic rings. The monoisotopic (exact) mass is 529 g/mol. The Morgan fingerprint density at radius 2 is 1.61 bits per heavy atom. The summed E-state index contributed by atoms with van der Waals surface area (Å²) < 4.78 is 88.4. The van der Waals surface area contributed by atoms with Gasteiger partial charge in [0.2, 0.25) is 0 Å². The van der Waals surface area contributed by atoms with Crippen molar-refractivity contribution in [2.45, 2.75) is 61.3 Å². The molecule has 0 saturated carbocycles. The summed E-state index contributed by atoms with van der Waals surface area (Å²) >= 11 is 0. The molecule has 0 aromatic rings. The van der Waals surface area contributed by atoms with Gasteiger partial charge < -0.3 is 44.5 Å². The fraction of sp³-hybridized carbons (Fsp3) is 0.923. The summed E-state index contributed by atoms with van der Waals surface area (Å²) in [7, 11) is -9.27. The average Bonchev–Trinajstić information content (AvgIpc) is 2.67. The van der Waals surface area contributed by atoms with Gasteiger partial charge in [0.15, 0.2) is 24.8 Å². The number of rotatable bonds is 9. The van der Waals surface area contributed by atoms with Crippen LogP contribution in [0.5, 0.6) is 0 Å². The maximum atomic E-state index is 11.5. The molecule has 2 heterocycles. The molecule has 2 aliphatic heterocycles. The first-order valence-electron chi connectivity index (χ1n) is 8.87. The van der Waals surface area contributed by atoms with Gasteiger partial charge in [-0.25, -0.2) is 8.98 Å². The molecule has 5 unspecified atom stereocenters. The van der Waals surface area contributed by atoms with E-state index in [1.165, 1.54) is 0 Å². The summed E-state index contributed by atoms with van der Waals surface area (Å²) in [5.74, 6) is -1.85. The molecule has 33 heavy (non-hydrogen) atoms. The van der Waals surface area contributed by atoms with E-state index in [0.29, 0.717) is 0 Å². The summed E-state index contributed by atoms with van der Waals surface area (Å²) in [5, 5.41) is 49.5. The zero-order chi connectivity index (χ0) is 25.3. The first kappa shape index (κ1) is 28.1. The van der Waals surface area contributed by atoms with E-state index < -0.39 is 94.6 Å². The van der Waals surface area contributed by atoms with Crippen molar-refractivity contribution < 1.29 is 79.4 Å². The Hall–Kier alpha value is -1.11. The second-order valence-corrected chi connectivity index (χ2v) is 9.13. The first-order chi connectivity index (χ1) is 15.1. The van der Waals surface area contributed by atoms with Gasteiger partial charge in [-0.3, -0.25) is 9.11 Å². The summed E-state index contributed by atoms with van der Waals surface area (Å²) in [5.41, 5.74) is 0. The summed E-state index contributed by atoms with van der Waals surface area (Å²) in [6.45, 7) is -0.826. The Labute approximate surface area is 186 Å².